The molecule has 33 heavy (non-hydrogen) atoms. The number of anilines is 1. The van der Waals surface area contributed by atoms with Gasteiger partial charge in [-0.25, -0.2) is 14.8 Å². The third kappa shape index (κ3) is 5.10. The molecule has 0 radical (unpaired) electrons. The summed E-state index contributed by atoms with van der Waals surface area (Å²) in [5, 5.41) is 11.1. The van der Waals surface area contributed by atoms with Crippen molar-refractivity contribution in [3.8, 4) is 5.88 Å². The van der Waals surface area contributed by atoms with Gasteiger partial charge in [0, 0.05) is 21.9 Å². The number of hydrogen-bond acceptors (Lipinski definition) is 8. The van der Waals surface area contributed by atoms with Crippen LogP contribution in [0.5, 0.6) is 5.88 Å². The Balaban J connectivity index is 1.50. The highest BCUT2D eigenvalue weighted by Gasteiger charge is 2.25. The van der Waals surface area contributed by atoms with Gasteiger partial charge in [-0.1, -0.05) is 38.4 Å². The number of aliphatic hydroxyl groups excluding tert-OH is 1. The Labute approximate surface area is 201 Å². The van der Waals surface area contributed by atoms with E-state index >= 15 is 0 Å². The van der Waals surface area contributed by atoms with Crippen LogP contribution in [0.1, 0.15) is 36.2 Å². The number of ether oxygens (including phenoxy) is 1. The van der Waals surface area contributed by atoms with E-state index in [2.05, 4.69) is 41.8 Å². The van der Waals surface area contributed by atoms with Gasteiger partial charge in [-0.3, -0.25) is 4.57 Å². The van der Waals surface area contributed by atoms with Crippen LogP contribution >= 0.6 is 22.9 Å². The lowest BCUT2D eigenvalue weighted by atomic mass is 9.95. The summed E-state index contributed by atoms with van der Waals surface area (Å²) >= 11 is 7.74. The number of halogens is 1. The third-order valence-corrected chi connectivity index (χ3v) is 7.13. The molecule has 3 aromatic heterocycles. The molecule has 1 aliphatic heterocycles. The molecule has 1 atom stereocenters. The van der Waals surface area contributed by atoms with Crippen molar-refractivity contribution in [3.63, 3.8) is 0 Å². The number of methoxy groups -OCH3 is 1. The quantitative estimate of drug-likeness (QED) is 0.589. The molecule has 10 heteroatoms. The van der Waals surface area contributed by atoms with Gasteiger partial charge in [0.1, 0.15) is 11.3 Å². The van der Waals surface area contributed by atoms with Crippen LogP contribution in [-0.4, -0.2) is 50.9 Å². The molecule has 0 amide bonds. The number of aromatic nitrogens is 4. The summed E-state index contributed by atoms with van der Waals surface area (Å²) in [6.07, 6.45) is 2.53. The van der Waals surface area contributed by atoms with E-state index in [0.717, 1.165) is 4.88 Å². The number of β-amino-alcohol motifs (C(OH)–C–C–N with tert-alkyl or cyclic N) is 1. The molecule has 0 saturated heterocycles. The van der Waals surface area contributed by atoms with E-state index in [4.69, 9.17) is 16.3 Å². The highest BCUT2D eigenvalue weighted by molar-refractivity contribution is 7.12. The fourth-order valence-electron chi connectivity index (χ4n) is 3.54. The zero-order valence-corrected chi connectivity index (χ0v) is 20.5. The average molecular weight is 488 g/mol. The minimum absolute atomic E-state index is 0.0718. The van der Waals surface area contributed by atoms with Gasteiger partial charge in [0.2, 0.25) is 11.8 Å². The minimum Gasteiger partial charge on any atom is -0.480 e. The summed E-state index contributed by atoms with van der Waals surface area (Å²) in [5.41, 5.74) is 0.953. The normalized spacial score (nSPS) is 16.6. The lowest BCUT2D eigenvalue weighted by Gasteiger charge is -2.30. The summed E-state index contributed by atoms with van der Waals surface area (Å²) in [7, 11) is 1.49. The fraction of sp³-hybridized carbons (Fsp3) is 0.391. The zero-order chi connectivity index (χ0) is 23.8. The standard InChI is InChI=1S/C23H26ClN5O3S/c1-23(2,3)19-8-5-14(33-19)11-29-13-25-21(27-22(29)31)28-10-9-15(18(30)12-28)17-7-6-16(24)20(26-17)32-4/h5-9,13,18,30H,10-12H2,1-4H3/t18-/m0/s1. The maximum absolute atomic E-state index is 12.6. The summed E-state index contributed by atoms with van der Waals surface area (Å²) in [4.78, 5) is 29.6. The van der Waals surface area contributed by atoms with Crippen molar-refractivity contribution in [2.24, 2.45) is 0 Å². The number of hydrogen-bond donors (Lipinski definition) is 1. The van der Waals surface area contributed by atoms with Crippen LogP contribution in [-0.2, 0) is 12.0 Å². The van der Waals surface area contributed by atoms with Gasteiger partial charge in [-0.15, -0.1) is 11.3 Å². The largest absolute Gasteiger partial charge is 0.480 e. The van der Waals surface area contributed by atoms with Gasteiger partial charge in [0.05, 0.1) is 32.0 Å². The number of rotatable bonds is 5. The Morgan fingerprint density at radius 2 is 2.03 bits per heavy atom. The number of aliphatic hydroxyl groups is 1. The van der Waals surface area contributed by atoms with E-state index in [0.29, 0.717) is 35.3 Å². The molecule has 0 spiro atoms. The first-order valence-electron chi connectivity index (χ1n) is 10.5. The molecule has 0 unspecified atom stereocenters. The topological polar surface area (TPSA) is 93.4 Å². The molecule has 0 fully saturated rings. The first-order chi connectivity index (χ1) is 15.7. The van der Waals surface area contributed by atoms with Crippen molar-refractivity contribution in [1.82, 2.24) is 19.5 Å². The predicted octanol–water partition coefficient (Wildman–Crippen LogP) is 3.37. The van der Waals surface area contributed by atoms with Gasteiger partial charge in [-0.05, 0) is 29.7 Å². The average Bonchev–Trinajstić information content (AvgIpc) is 3.25. The molecule has 1 N–H and O–H groups in total. The first kappa shape index (κ1) is 23.4. The van der Waals surface area contributed by atoms with Crippen molar-refractivity contribution < 1.29 is 9.84 Å². The van der Waals surface area contributed by atoms with Crippen LogP contribution in [0.2, 0.25) is 5.02 Å². The molecule has 0 saturated carbocycles. The monoisotopic (exact) mass is 487 g/mol. The lowest BCUT2D eigenvalue weighted by molar-refractivity contribution is 0.233. The Kier molecular flexibility index (Phi) is 6.56. The molecular formula is C23H26ClN5O3S. The van der Waals surface area contributed by atoms with Gasteiger partial charge in [-0.2, -0.15) is 4.98 Å². The Morgan fingerprint density at radius 3 is 2.67 bits per heavy atom. The van der Waals surface area contributed by atoms with Crippen molar-refractivity contribution >= 4 is 34.5 Å². The molecule has 0 aliphatic carbocycles. The lowest BCUT2D eigenvalue weighted by Crippen LogP contribution is -2.40. The van der Waals surface area contributed by atoms with Gasteiger partial charge in [0.15, 0.2) is 0 Å². The minimum atomic E-state index is -0.829. The van der Waals surface area contributed by atoms with E-state index in [-0.39, 0.29) is 23.6 Å². The van der Waals surface area contributed by atoms with E-state index in [1.807, 2.05) is 12.1 Å². The summed E-state index contributed by atoms with van der Waals surface area (Å²) in [6, 6.07) is 7.56. The van der Waals surface area contributed by atoms with E-state index in [9.17, 15) is 9.90 Å². The van der Waals surface area contributed by atoms with Crippen LogP contribution < -0.4 is 15.3 Å². The number of nitrogens with zero attached hydrogens (tertiary/aromatic N) is 5. The first-order valence-corrected chi connectivity index (χ1v) is 11.7. The number of thiophene rings is 1. The zero-order valence-electron chi connectivity index (χ0n) is 18.9. The molecule has 0 bridgehead atoms. The van der Waals surface area contributed by atoms with Crippen molar-refractivity contribution in [3.05, 3.63) is 67.6 Å². The van der Waals surface area contributed by atoms with Gasteiger partial charge < -0.3 is 14.7 Å². The Bertz CT molecular complexity index is 1250. The molecule has 8 nitrogen and oxygen atoms in total. The maximum atomic E-state index is 12.6. The highest BCUT2D eigenvalue weighted by Crippen LogP contribution is 2.30. The molecule has 3 aromatic rings. The Hall–Kier alpha value is -2.75. The molecular weight excluding hydrogens is 462 g/mol. The molecule has 174 valence electrons. The van der Waals surface area contributed by atoms with Crippen molar-refractivity contribution in [2.75, 3.05) is 25.1 Å². The molecule has 4 rings (SSSR count). The second-order valence-electron chi connectivity index (χ2n) is 8.85. The van der Waals surface area contributed by atoms with Crippen LogP contribution in [0.15, 0.2) is 41.5 Å². The van der Waals surface area contributed by atoms with Gasteiger partial charge in [0.25, 0.3) is 0 Å². The van der Waals surface area contributed by atoms with Gasteiger partial charge >= 0.3 is 5.69 Å². The molecule has 1 aliphatic rings. The van der Waals surface area contributed by atoms with E-state index in [1.54, 1.807) is 28.4 Å². The van der Waals surface area contributed by atoms with Crippen molar-refractivity contribution in [2.45, 2.75) is 38.8 Å². The fourth-order valence-corrected chi connectivity index (χ4v) is 4.78. The predicted molar refractivity (Wildman–Crippen MR) is 130 cm³/mol. The number of pyridine rings is 1. The maximum Gasteiger partial charge on any atom is 0.352 e. The summed E-state index contributed by atoms with van der Waals surface area (Å²) in [6.45, 7) is 7.60. The second-order valence-corrected chi connectivity index (χ2v) is 10.4. The third-order valence-electron chi connectivity index (χ3n) is 5.35. The highest BCUT2D eigenvalue weighted by atomic mass is 35.5. The van der Waals surface area contributed by atoms with E-state index < -0.39 is 6.10 Å². The molecule has 0 aromatic carbocycles. The SMILES string of the molecule is COc1nc(C2=CCN(c3ncn(Cc4ccc(C(C)(C)C)s4)c(=O)n3)C[C@@H]2O)ccc1Cl. The van der Waals surface area contributed by atoms with Crippen LogP contribution in [0.4, 0.5) is 5.95 Å². The Morgan fingerprint density at radius 1 is 1.24 bits per heavy atom. The molecule has 4 heterocycles. The smallest absolute Gasteiger partial charge is 0.352 e. The van der Waals surface area contributed by atoms with Crippen LogP contribution in [0.25, 0.3) is 5.57 Å². The second kappa shape index (κ2) is 9.24. The van der Waals surface area contributed by atoms with Crippen molar-refractivity contribution in [1.29, 1.82) is 0 Å². The van der Waals surface area contributed by atoms with E-state index in [1.165, 1.54) is 22.9 Å². The van der Waals surface area contributed by atoms with Crippen LogP contribution in [0.3, 0.4) is 0 Å². The summed E-state index contributed by atoms with van der Waals surface area (Å²) in [5.74, 6) is 0.589. The summed E-state index contributed by atoms with van der Waals surface area (Å²) < 4.78 is 6.66. The van der Waals surface area contributed by atoms with Crippen LogP contribution in [0, 0.1) is 0 Å².